The average molecular weight is 503 g/mol. The van der Waals surface area contributed by atoms with Gasteiger partial charge in [-0.1, -0.05) is 6.92 Å². The number of benzene rings is 1. The Hall–Kier alpha value is -3.43. The number of aromatic nitrogens is 6. The summed E-state index contributed by atoms with van der Waals surface area (Å²) in [7, 11) is 4.11. The lowest BCUT2D eigenvalue weighted by molar-refractivity contribution is 0.148. The van der Waals surface area contributed by atoms with Gasteiger partial charge in [0.15, 0.2) is 5.82 Å². The Balaban J connectivity index is 1.40. The average Bonchev–Trinajstić information content (AvgIpc) is 3.35. The van der Waals surface area contributed by atoms with Crippen LogP contribution in [0.2, 0.25) is 0 Å². The summed E-state index contributed by atoms with van der Waals surface area (Å²) in [5, 5.41) is 9.66. The molecular weight excluding hydrogens is 467 g/mol. The van der Waals surface area contributed by atoms with Crippen molar-refractivity contribution in [2.45, 2.75) is 40.2 Å². The van der Waals surface area contributed by atoms with Crippen molar-refractivity contribution in [3.63, 3.8) is 0 Å². The Bertz CT molecular complexity index is 1380. The molecule has 0 saturated carbocycles. The molecule has 4 aromatic rings. The highest BCUT2D eigenvalue weighted by molar-refractivity contribution is 5.65. The van der Waals surface area contributed by atoms with E-state index in [4.69, 9.17) is 10.2 Å². The summed E-state index contributed by atoms with van der Waals surface area (Å²) in [6.07, 6.45) is 3.01. The highest BCUT2D eigenvalue weighted by Gasteiger charge is 2.21. The van der Waals surface area contributed by atoms with Gasteiger partial charge in [0.25, 0.3) is 0 Å². The minimum atomic E-state index is -0.242. The van der Waals surface area contributed by atoms with E-state index < -0.39 is 0 Å². The summed E-state index contributed by atoms with van der Waals surface area (Å²) in [4.78, 5) is 14.0. The van der Waals surface area contributed by atoms with Crippen molar-refractivity contribution in [3.05, 3.63) is 76.4 Å². The molecule has 194 valence electrons. The van der Waals surface area contributed by atoms with E-state index in [1.807, 2.05) is 22.5 Å². The molecule has 0 unspecified atom stereocenters. The van der Waals surface area contributed by atoms with Gasteiger partial charge in [-0.05, 0) is 51.6 Å². The van der Waals surface area contributed by atoms with Gasteiger partial charge in [-0.15, -0.1) is 0 Å². The minimum Gasteiger partial charge on any atom is -0.304 e. The molecule has 1 aromatic carbocycles. The first-order valence-corrected chi connectivity index (χ1v) is 12.9. The molecule has 9 heteroatoms. The Morgan fingerprint density at radius 2 is 1.65 bits per heavy atom. The van der Waals surface area contributed by atoms with E-state index in [0.717, 1.165) is 84.6 Å². The number of rotatable bonds is 7. The van der Waals surface area contributed by atoms with Crippen LogP contribution < -0.4 is 0 Å². The number of hydrogen-bond donors (Lipinski definition) is 0. The molecule has 0 aliphatic carbocycles. The summed E-state index contributed by atoms with van der Waals surface area (Å²) in [6, 6.07) is 8.60. The van der Waals surface area contributed by atoms with Crippen LogP contribution in [-0.4, -0.2) is 72.6 Å². The monoisotopic (exact) mass is 502 g/mol. The smallest absolute Gasteiger partial charge is 0.157 e. The first-order chi connectivity index (χ1) is 17.8. The Labute approximate surface area is 217 Å². The molecule has 0 bridgehead atoms. The van der Waals surface area contributed by atoms with Crippen LogP contribution in [-0.2, 0) is 26.4 Å². The van der Waals surface area contributed by atoms with Crippen LogP contribution in [0.5, 0.6) is 0 Å². The molecule has 0 atom stereocenters. The van der Waals surface area contributed by atoms with Gasteiger partial charge in [-0.25, -0.2) is 19.0 Å². The fourth-order valence-electron chi connectivity index (χ4n) is 5.23. The molecule has 0 amide bonds. The van der Waals surface area contributed by atoms with Crippen LogP contribution in [0.4, 0.5) is 4.39 Å². The van der Waals surface area contributed by atoms with Crippen LogP contribution in [0.1, 0.15) is 40.8 Å². The Morgan fingerprint density at radius 1 is 0.919 bits per heavy atom. The standard InChI is InChI=1S/C28H35FN8/c1-6-24-26(33-35(5)28(24)21-7-9-22(29)10-8-21)15-23-16-27(31-18-30-23)37-20(3)25(19(2)32-37)17-36-13-11-34(4)12-14-36/h7-10,16,18H,6,11-15,17H2,1-5H3. The highest BCUT2D eigenvalue weighted by atomic mass is 19.1. The third-order valence-electron chi connectivity index (χ3n) is 7.39. The second-order valence-electron chi connectivity index (χ2n) is 9.94. The molecule has 1 saturated heterocycles. The largest absolute Gasteiger partial charge is 0.304 e. The molecule has 1 aliphatic rings. The number of aryl methyl sites for hydroxylation is 2. The predicted octanol–water partition coefficient (Wildman–Crippen LogP) is 3.72. The van der Waals surface area contributed by atoms with E-state index in [1.54, 1.807) is 18.5 Å². The quantitative estimate of drug-likeness (QED) is 0.384. The maximum atomic E-state index is 13.5. The minimum absolute atomic E-state index is 0.242. The van der Waals surface area contributed by atoms with Crippen LogP contribution in [0, 0.1) is 19.7 Å². The van der Waals surface area contributed by atoms with Gasteiger partial charge < -0.3 is 4.90 Å². The van der Waals surface area contributed by atoms with E-state index in [1.165, 1.54) is 17.7 Å². The van der Waals surface area contributed by atoms with Crippen molar-refractivity contribution in [1.82, 2.24) is 39.3 Å². The maximum absolute atomic E-state index is 13.5. The van der Waals surface area contributed by atoms with Crippen molar-refractivity contribution in [2.24, 2.45) is 7.05 Å². The van der Waals surface area contributed by atoms with Crippen molar-refractivity contribution >= 4 is 0 Å². The summed E-state index contributed by atoms with van der Waals surface area (Å²) < 4.78 is 17.3. The highest BCUT2D eigenvalue weighted by Crippen LogP contribution is 2.28. The lowest BCUT2D eigenvalue weighted by atomic mass is 10.0. The van der Waals surface area contributed by atoms with Gasteiger partial charge in [-0.3, -0.25) is 9.58 Å². The summed E-state index contributed by atoms with van der Waals surface area (Å²) in [6.45, 7) is 11.6. The second-order valence-corrected chi connectivity index (χ2v) is 9.94. The molecule has 5 rings (SSSR count). The van der Waals surface area contributed by atoms with Crippen LogP contribution in [0.15, 0.2) is 36.7 Å². The van der Waals surface area contributed by atoms with E-state index in [2.05, 4.69) is 47.6 Å². The molecular formula is C28H35FN8. The van der Waals surface area contributed by atoms with Gasteiger partial charge in [0.2, 0.25) is 0 Å². The van der Waals surface area contributed by atoms with Crippen LogP contribution >= 0.6 is 0 Å². The molecule has 3 aromatic heterocycles. The molecule has 4 heterocycles. The zero-order chi connectivity index (χ0) is 26.1. The maximum Gasteiger partial charge on any atom is 0.157 e. The molecule has 37 heavy (non-hydrogen) atoms. The molecule has 0 N–H and O–H groups in total. The lowest BCUT2D eigenvalue weighted by Gasteiger charge is -2.32. The fraction of sp³-hybridized carbons (Fsp3) is 0.429. The molecule has 8 nitrogen and oxygen atoms in total. The van der Waals surface area contributed by atoms with E-state index in [0.29, 0.717) is 6.42 Å². The number of hydrogen-bond acceptors (Lipinski definition) is 6. The zero-order valence-electron chi connectivity index (χ0n) is 22.4. The van der Waals surface area contributed by atoms with E-state index in [9.17, 15) is 4.39 Å². The molecule has 1 aliphatic heterocycles. The van der Waals surface area contributed by atoms with Crippen molar-refractivity contribution in [3.8, 4) is 17.1 Å². The first-order valence-electron chi connectivity index (χ1n) is 12.9. The predicted molar refractivity (Wildman–Crippen MR) is 142 cm³/mol. The van der Waals surface area contributed by atoms with Crippen molar-refractivity contribution in [2.75, 3.05) is 33.2 Å². The van der Waals surface area contributed by atoms with Gasteiger partial charge in [0.05, 0.1) is 22.8 Å². The number of halogens is 1. The molecule has 1 fully saturated rings. The number of piperazine rings is 1. The Morgan fingerprint density at radius 3 is 2.35 bits per heavy atom. The van der Waals surface area contributed by atoms with Gasteiger partial charge in [-0.2, -0.15) is 10.2 Å². The third kappa shape index (κ3) is 5.19. The van der Waals surface area contributed by atoms with Crippen LogP contribution in [0.25, 0.3) is 17.1 Å². The zero-order valence-corrected chi connectivity index (χ0v) is 22.4. The summed E-state index contributed by atoms with van der Waals surface area (Å²) in [5.41, 5.74) is 8.40. The summed E-state index contributed by atoms with van der Waals surface area (Å²) >= 11 is 0. The van der Waals surface area contributed by atoms with E-state index >= 15 is 0 Å². The Kier molecular flexibility index (Phi) is 7.17. The van der Waals surface area contributed by atoms with Crippen molar-refractivity contribution in [1.29, 1.82) is 0 Å². The van der Waals surface area contributed by atoms with E-state index in [-0.39, 0.29) is 5.82 Å². The second kappa shape index (κ2) is 10.5. The first kappa shape index (κ1) is 25.2. The van der Waals surface area contributed by atoms with Crippen molar-refractivity contribution < 1.29 is 4.39 Å². The van der Waals surface area contributed by atoms with Gasteiger partial charge >= 0.3 is 0 Å². The van der Waals surface area contributed by atoms with Gasteiger partial charge in [0.1, 0.15) is 12.1 Å². The van der Waals surface area contributed by atoms with Crippen LogP contribution in [0.3, 0.4) is 0 Å². The lowest BCUT2D eigenvalue weighted by Crippen LogP contribution is -2.44. The molecule has 0 radical (unpaired) electrons. The SMILES string of the molecule is CCc1c(Cc2cc(-n3nc(C)c(CN4CCN(C)CC4)c3C)ncn2)nn(C)c1-c1ccc(F)cc1. The number of likely N-dealkylation sites (N-methyl/N-ethyl adjacent to an activating group) is 1. The number of nitrogens with zero attached hydrogens (tertiary/aromatic N) is 8. The third-order valence-corrected chi connectivity index (χ3v) is 7.39. The van der Waals surface area contributed by atoms with Gasteiger partial charge in [0, 0.05) is 74.6 Å². The topological polar surface area (TPSA) is 67.9 Å². The molecule has 0 spiro atoms. The summed E-state index contributed by atoms with van der Waals surface area (Å²) in [5.74, 6) is 0.525. The fourth-order valence-corrected chi connectivity index (χ4v) is 5.23. The normalized spacial score (nSPS) is 15.0.